The highest BCUT2D eigenvalue weighted by atomic mass is 79.9. The third-order valence-corrected chi connectivity index (χ3v) is 3.25. The van der Waals surface area contributed by atoms with E-state index in [9.17, 15) is 4.79 Å². The van der Waals surface area contributed by atoms with E-state index >= 15 is 0 Å². The molecule has 1 unspecified atom stereocenters. The molecule has 82 valence electrons. The second-order valence-electron chi connectivity index (χ2n) is 3.49. The van der Waals surface area contributed by atoms with Crippen LogP contribution in [0.25, 0.3) is 0 Å². The van der Waals surface area contributed by atoms with Crippen LogP contribution in [0.4, 0.5) is 0 Å². The Morgan fingerprint density at radius 2 is 2.27 bits per heavy atom. The summed E-state index contributed by atoms with van der Waals surface area (Å²) in [5.41, 5.74) is 1.56. The molecule has 0 bridgehead atoms. The van der Waals surface area contributed by atoms with E-state index in [0.717, 1.165) is 10.9 Å². The zero-order valence-corrected chi connectivity index (χ0v) is 11.0. The second-order valence-corrected chi connectivity index (χ2v) is 4.57. The van der Waals surface area contributed by atoms with Crippen LogP contribution >= 0.6 is 27.5 Å². The van der Waals surface area contributed by atoms with Crippen LogP contribution in [0, 0.1) is 6.92 Å². The Balaban J connectivity index is 2.82. The number of aryl methyl sites for hydroxylation is 1. The Morgan fingerprint density at radius 3 is 2.80 bits per heavy atom. The summed E-state index contributed by atoms with van der Waals surface area (Å²) in [7, 11) is 0. The summed E-state index contributed by atoms with van der Waals surface area (Å²) >= 11 is 9.13. The van der Waals surface area contributed by atoms with Crippen LogP contribution in [0.2, 0.25) is 5.02 Å². The number of carbonyl (C=O) groups excluding carboxylic acids is 1. The molecular weight excluding hydrogens is 277 g/mol. The Hall–Kier alpha value is -0.540. The molecule has 0 spiro atoms. The molecule has 0 aliphatic heterocycles. The maximum atomic E-state index is 11.8. The number of nitrogens with one attached hydrogen (secondary N) is 1. The maximum Gasteiger partial charge on any atom is 0.251 e. The van der Waals surface area contributed by atoms with Gasteiger partial charge >= 0.3 is 0 Å². The SMILES string of the molecule is Cc1cc(Cl)ccc1C(=O)NC(C)CBr. The molecule has 0 fully saturated rings. The van der Waals surface area contributed by atoms with Crippen molar-refractivity contribution in [3.8, 4) is 0 Å². The lowest BCUT2D eigenvalue weighted by Crippen LogP contribution is -2.33. The summed E-state index contributed by atoms with van der Waals surface area (Å²) in [6.07, 6.45) is 0. The number of carbonyl (C=O) groups is 1. The van der Waals surface area contributed by atoms with Gasteiger partial charge in [0.2, 0.25) is 0 Å². The molecule has 0 heterocycles. The molecule has 2 nitrogen and oxygen atoms in total. The Labute approximate surface area is 103 Å². The molecule has 0 radical (unpaired) electrons. The van der Waals surface area contributed by atoms with Gasteiger partial charge in [0.05, 0.1) is 0 Å². The van der Waals surface area contributed by atoms with Crippen molar-refractivity contribution in [3.63, 3.8) is 0 Å². The van der Waals surface area contributed by atoms with E-state index in [-0.39, 0.29) is 11.9 Å². The van der Waals surface area contributed by atoms with E-state index in [1.165, 1.54) is 0 Å². The first-order valence-electron chi connectivity index (χ1n) is 4.67. The second kappa shape index (κ2) is 5.52. The molecule has 0 saturated carbocycles. The highest BCUT2D eigenvalue weighted by Gasteiger charge is 2.11. The van der Waals surface area contributed by atoms with Crippen LogP contribution in [0.5, 0.6) is 0 Å². The van der Waals surface area contributed by atoms with Crippen molar-refractivity contribution in [3.05, 3.63) is 34.3 Å². The summed E-state index contributed by atoms with van der Waals surface area (Å²) < 4.78 is 0. The van der Waals surface area contributed by atoms with Crippen LogP contribution in [-0.2, 0) is 0 Å². The van der Waals surface area contributed by atoms with E-state index in [4.69, 9.17) is 11.6 Å². The van der Waals surface area contributed by atoms with Crippen LogP contribution in [0.3, 0.4) is 0 Å². The van der Waals surface area contributed by atoms with Gasteiger partial charge in [-0.1, -0.05) is 27.5 Å². The molecule has 1 aromatic carbocycles. The highest BCUT2D eigenvalue weighted by Crippen LogP contribution is 2.15. The third-order valence-electron chi connectivity index (χ3n) is 2.04. The van der Waals surface area contributed by atoms with Crippen LogP contribution in [-0.4, -0.2) is 17.3 Å². The molecule has 1 rings (SSSR count). The van der Waals surface area contributed by atoms with Gasteiger partial charge < -0.3 is 5.32 Å². The van der Waals surface area contributed by atoms with Crippen LogP contribution in [0.1, 0.15) is 22.8 Å². The van der Waals surface area contributed by atoms with E-state index < -0.39 is 0 Å². The van der Waals surface area contributed by atoms with E-state index in [2.05, 4.69) is 21.2 Å². The highest BCUT2D eigenvalue weighted by molar-refractivity contribution is 9.09. The van der Waals surface area contributed by atoms with E-state index in [1.807, 2.05) is 13.8 Å². The number of hydrogen-bond acceptors (Lipinski definition) is 1. The molecule has 15 heavy (non-hydrogen) atoms. The fourth-order valence-corrected chi connectivity index (χ4v) is 1.61. The number of hydrogen-bond donors (Lipinski definition) is 1. The van der Waals surface area contributed by atoms with Gasteiger partial charge in [-0.25, -0.2) is 0 Å². The normalized spacial score (nSPS) is 12.3. The number of halogens is 2. The topological polar surface area (TPSA) is 29.1 Å². The lowest BCUT2D eigenvalue weighted by Gasteiger charge is -2.12. The quantitative estimate of drug-likeness (QED) is 0.851. The minimum Gasteiger partial charge on any atom is -0.349 e. The molecular formula is C11H13BrClNO. The first-order valence-corrected chi connectivity index (χ1v) is 6.17. The van der Waals surface area contributed by atoms with E-state index in [0.29, 0.717) is 10.6 Å². The summed E-state index contributed by atoms with van der Waals surface area (Å²) in [4.78, 5) is 11.8. The summed E-state index contributed by atoms with van der Waals surface area (Å²) in [6, 6.07) is 5.37. The van der Waals surface area contributed by atoms with Gasteiger partial charge in [0.25, 0.3) is 5.91 Å². The monoisotopic (exact) mass is 289 g/mol. The van der Waals surface area contributed by atoms with Crippen molar-refractivity contribution in [1.82, 2.24) is 5.32 Å². The Kier molecular flexibility index (Phi) is 4.61. The first kappa shape index (κ1) is 12.5. The van der Waals surface area contributed by atoms with Gasteiger partial charge in [-0.05, 0) is 37.6 Å². The van der Waals surface area contributed by atoms with Crippen molar-refractivity contribution in [1.29, 1.82) is 0 Å². The number of rotatable bonds is 3. The van der Waals surface area contributed by atoms with Crippen molar-refractivity contribution in [2.24, 2.45) is 0 Å². The maximum absolute atomic E-state index is 11.8. The van der Waals surface area contributed by atoms with Gasteiger partial charge in [0.15, 0.2) is 0 Å². The average molecular weight is 291 g/mol. The van der Waals surface area contributed by atoms with Crippen LogP contribution in [0.15, 0.2) is 18.2 Å². The molecule has 1 atom stereocenters. The van der Waals surface area contributed by atoms with Gasteiger partial charge in [0, 0.05) is 22.0 Å². The lowest BCUT2D eigenvalue weighted by atomic mass is 10.1. The largest absolute Gasteiger partial charge is 0.349 e. The standard InChI is InChI=1S/C11H13BrClNO/c1-7-5-9(13)3-4-10(7)11(15)14-8(2)6-12/h3-5,8H,6H2,1-2H3,(H,14,15). The summed E-state index contributed by atoms with van der Waals surface area (Å²) in [5, 5.41) is 4.27. The molecule has 1 N–H and O–H groups in total. The predicted octanol–water partition coefficient (Wildman–Crippen LogP) is 3.16. The smallest absolute Gasteiger partial charge is 0.251 e. The molecule has 1 amide bonds. The van der Waals surface area contributed by atoms with Gasteiger partial charge in [0.1, 0.15) is 0 Å². The molecule has 1 aromatic rings. The fraction of sp³-hybridized carbons (Fsp3) is 0.364. The Bertz CT molecular complexity index is 368. The van der Waals surface area contributed by atoms with Gasteiger partial charge in [-0.2, -0.15) is 0 Å². The van der Waals surface area contributed by atoms with Crippen molar-refractivity contribution in [2.45, 2.75) is 19.9 Å². The van der Waals surface area contributed by atoms with Crippen molar-refractivity contribution < 1.29 is 4.79 Å². The number of alkyl halides is 1. The predicted molar refractivity (Wildman–Crippen MR) is 66.9 cm³/mol. The number of amides is 1. The summed E-state index contributed by atoms with van der Waals surface area (Å²) in [5.74, 6) is -0.0592. The lowest BCUT2D eigenvalue weighted by molar-refractivity contribution is 0.0943. The third kappa shape index (κ3) is 3.50. The molecule has 4 heteroatoms. The van der Waals surface area contributed by atoms with E-state index in [1.54, 1.807) is 18.2 Å². The number of benzene rings is 1. The zero-order chi connectivity index (χ0) is 11.4. The summed E-state index contributed by atoms with van der Waals surface area (Å²) in [6.45, 7) is 3.82. The molecule has 0 aliphatic carbocycles. The minimum absolute atomic E-state index is 0.0592. The van der Waals surface area contributed by atoms with Crippen LogP contribution < -0.4 is 5.32 Å². The fourth-order valence-electron chi connectivity index (χ4n) is 1.22. The van der Waals surface area contributed by atoms with Crippen molar-refractivity contribution in [2.75, 3.05) is 5.33 Å². The molecule has 0 saturated heterocycles. The average Bonchev–Trinajstić information content (AvgIpc) is 2.17. The van der Waals surface area contributed by atoms with Crippen molar-refractivity contribution >= 4 is 33.4 Å². The van der Waals surface area contributed by atoms with Gasteiger partial charge in [-0.15, -0.1) is 0 Å². The Morgan fingerprint density at radius 1 is 1.60 bits per heavy atom. The molecule has 0 aliphatic rings. The first-order chi connectivity index (χ1) is 7.04. The van der Waals surface area contributed by atoms with Gasteiger partial charge in [-0.3, -0.25) is 4.79 Å². The molecule has 0 aromatic heterocycles. The minimum atomic E-state index is -0.0592. The zero-order valence-electron chi connectivity index (χ0n) is 8.68.